The van der Waals surface area contributed by atoms with Crippen molar-refractivity contribution >= 4 is 5.78 Å². The van der Waals surface area contributed by atoms with E-state index in [0.717, 1.165) is 12.2 Å². The third kappa shape index (κ3) is 9.02. The highest BCUT2D eigenvalue weighted by Gasteiger charge is 1.97. The van der Waals surface area contributed by atoms with Gasteiger partial charge in [-0.1, -0.05) is 12.2 Å². The number of allylic oxidation sites excluding steroid dienone is 2. The first-order valence-electron chi connectivity index (χ1n) is 4.16. The zero-order valence-corrected chi connectivity index (χ0v) is 7.70. The first-order chi connectivity index (χ1) is 6.52. The number of hydrogen-bond donors (Lipinski definition) is 2. The molecule has 0 aliphatic heterocycles. The van der Waals surface area contributed by atoms with E-state index < -0.39 is 12.6 Å². The number of ketones is 1. The number of nitrogens with two attached hydrogens (primary N) is 2. The lowest BCUT2D eigenvalue weighted by Crippen LogP contribution is -2.09. The van der Waals surface area contributed by atoms with Gasteiger partial charge in [-0.05, 0) is 12.2 Å². The number of hydrogen-bond acceptors (Lipinski definition) is 3. The molecule has 2 atom stereocenters. The highest BCUT2D eigenvalue weighted by Crippen LogP contribution is 1.96. The molecule has 3 nitrogen and oxygen atoms in total. The Balaban J connectivity index is 3.66. The second-order valence-electron chi connectivity index (χ2n) is 2.69. The molecule has 0 heterocycles. The molecule has 0 aromatic carbocycles. The van der Waals surface area contributed by atoms with Gasteiger partial charge >= 0.3 is 0 Å². The Morgan fingerprint density at radius 1 is 1.07 bits per heavy atom. The summed E-state index contributed by atoms with van der Waals surface area (Å²) >= 11 is 0. The molecule has 14 heavy (non-hydrogen) atoms. The molecule has 4 N–H and O–H groups in total. The van der Waals surface area contributed by atoms with Gasteiger partial charge in [0, 0.05) is 12.8 Å². The maximum atomic E-state index is 12.0. The smallest absolute Gasteiger partial charge is 0.167 e. The van der Waals surface area contributed by atoms with Gasteiger partial charge in [-0.25, -0.2) is 8.78 Å². The van der Waals surface area contributed by atoms with Crippen LogP contribution in [0.4, 0.5) is 8.78 Å². The molecular formula is C9H14F2N2O. The van der Waals surface area contributed by atoms with Gasteiger partial charge in [-0.3, -0.25) is 16.3 Å². The third-order valence-corrected chi connectivity index (χ3v) is 1.33. The summed E-state index contributed by atoms with van der Waals surface area (Å²) in [6.45, 7) is 0. The number of carbonyl (C=O) groups excluding carboxylic acids is 1. The van der Waals surface area contributed by atoms with Crippen molar-refractivity contribution in [1.82, 2.24) is 0 Å². The largest absolute Gasteiger partial charge is 0.299 e. The van der Waals surface area contributed by atoms with Gasteiger partial charge in [0.2, 0.25) is 0 Å². The Morgan fingerprint density at radius 2 is 1.43 bits per heavy atom. The monoisotopic (exact) mass is 204 g/mol. The number of rotatable bonds is 6. The Bertz CT molecular complexity index is 203. The first kappa shape index (κ1) is 12.9. The zero-order chi connectivity index (χ0) is 11.0. The molecule has 0 saturated carbocycles. The van der Waals surface area contributed by atoms with Crippen LogP contribution >= 0.6 is 0 Å². The van der Waals surface area contributed by atoms with Crippen LogP contribution in [0.3, 0.4) is 0 Å². The fourth-order valence-corrected chi connectivity index (χ4v) is 0.742. The molecule has 0 radical (unpaired) electrons. The van der Waals surface area contributed by atoms with E-state index in [0.29, 0.717) is 0 Å². The van der Waals surface area contributed by atoms with Crippen molar-refractivity contribution in [3.63, 3.8) is 0 Å². The van der Waals surface area contributed by atoms with Crippen molar-refractivity contribution < 1.29 is 13.6 Å². The molecule has 0 saturated heterocycles. The molecule has 80 valence electrons. The van der Waals surface area contributed by atoms with Crippen LogP contribution in [0.5, 0.6) is 0 Å². The SMILES string of the molecule is NC(F)C=CCC(=O)CC=CC(N)F. The highest BCUT2D eigenvalue weighted by atomic mass is 19.1. The molecule has 2 unspecified atom stereocenters. The van der Waals surface area contributed by atoms with Gasteiger partial charge in [0.25, 0.3) is 0 Å². The van der Waals surface area contributed by atoms with Gasteiger partial charge in [0.1, 0.15) is 5.78 Å². The van der Waals surface area contributed by atoms with Crippen molar-refractivity contribution in [3.05, 3.63) is 24.3 Å². The topological polar surface area (TPSA) is 69.1 Å². The minimum absolute atomic E-state index is 0.0868. The molecule has 0 aliphatic carbocycles. The quantitative estimate of drug-likeness (QED) is 0.500. The Morgan fingerprint density at radius 3 is 1.71 bits per heavy atom. The van der Waals surface area contributed by atoms with Gasteiger partial charge in [0.05, 0.1) is 0 Å². The Labute approximate surface area is 81.5 Å². The van der Waals surface area contributed by atoms with Crippen LogP contribution in [0.1, 0.15) is 12.8 Å². The molecule has 0 amide bonds. The summed E-state index contributed by atoms with van der Waals surface area (Å²) in [6.07, 6.45) is 1.94. The number of halogens is 2. The molecule has 0 bridgehead atoms. The van der Waals surface area contributed by atoms with Crippen molar-refractivity contribution in [3.8, 4) is 0 Å². The molecule has 0 rings (SSSR count). The molecule has 0 spiro atoms. The van der Waals surface area contributed by atoms with E-state index in [1.165, 1.54) is 12.2 Å². The molecule has 0 aliphatic rings. The molecule has 0 fully saturated rings. The first-order valence-corrected chi connectivity index (χ1v) is 4.16. The van der Waals surface area contributed by atoms with Crippen molar-refractivity contribution in [2.24, 2.45) is 11.5 Å². The normalized spacial score (nSPS) is 16.3. The van der Waals surface area contributed by atoms with Crippen molar-refractivity contribution in [1.29, 1.82) is 0 Å². The van der Waals surface area contributed by atoms with Crippen molar-refractivity contribution in [2.75, 3.05) is 0 Å². The molecule has 0 aromatic rings. The number of carbonyl (C=O) groups is 1. The summed E-state index contributed by atoms with van der Waals surface area (Å²) in [4.78, 5) is 11.0. The third-order valence-electron chi connectivity index (χ3n) is 1.33. The number of alkyl halides is 2. The van der Waals surface area contributed by atoms with Crippen LogP contribution in [0, 0.1) is 0 Å². The van der Waals surface area contributed by atoms with Gasteiger partial charge in [0.15, 0.2) is 12.6 Å². The van der Waals surface area contributed by atoms with Gasteiger partial charge in [-0.2, -0.15) is 0 Å². The van der Waals surface area contributed by atoms with Crippen LogP contribution in [0.25, 0.3) is 0 Å². The van der Waals surface area contributed by atoms with Crippen LogP contribution < -0.4 is 11.5 Å². The molecular weight excluding hydrogens is 190 g/mol. The number of Topliss-reactive ketones (excluding diaryl/α,β-unsaturated/α-hetero) is 1. The second-order valence-corrected chi connectivity index (χ2v) is 2.69. The summed E-state index contributed by atoms with van der Waals surface area (Å²) in [5.74, 6) is -0.154. The van der Waals surface area contributed by atoms with Gasteiger partial charge < -0.3 is 0 Å². The lowest BCUT2D eigenvalue weighted by atomic mass is 10.2. The summed E-state index contributed by atoms with van der Waals surface area (Å²) < 4.78 is 24.0. The zero-order valence-electron chi connectivity index (χ0n) is 7.70. The van der Waals surface area contributed by atoms with Crippen molar-refractivity contribution in [2.45, 2.75) is 25.4 Å². The Kier molecular flexibility index (Phi) is 6.78. The fraction of sp³-hybridized carbons (Fsp3) is 0.444. The Hall–Kier alpha value is -1.07. The molecule has 5 heteroatoms. The summed E-state index contributed by atoms with van der Waals surface area (Å²) in [5, 5.41) is 0. The lowest BCUT2D eigenvalue weighted by Gasteiger charge is -1.93. The predicted molar refractivity (Wildman–Crippen MR) is 50.7 cm³/mol. The highest BCUT2D eigenvalue weighted by molar-refractivity contribution is 5.81. The van der Waals surface area contributed by atoms with Crippen LogP contribution in [-0.2, 0) is 4.79 Å². The van der Waals surface area contributed by atoms with Gasteiger partial charge in [-0.15, -0.1) is 0 Å². The average Bonchev–Trinajstić information content (AvgIpc) is 2.02. The van der Waals surface area contributed by atoms with Crippen LogP contribution in [-0.4, -0.2) is 18.4 Å². The predicted octanol–water partition coefficient (Wildman–Crippen LogP) is 0.957. The lowest BCUT2D eigenvalue weighted by molar-refractivity contribution is -0.117. The summed E-state index contributed by atoms with van der Waals surface area (Å²) in [7, 11) is 0. The standard InChI is InChI=1S/C9H14F2N2O/c10-8(12)5-1-3-7(14)4-2-6-9(11)13/h1-2,5-6,8-9H,3-4,12-13H2. The van der Waals surface area contributed by atoms with Crippen LogP contribution in [0.15, 0.2) is 24.3 Å². The fourth-order valence-electron chi connectivity index (χ4n) is 0.742. The average molecular weight is 204 g/mol. The van der Waals surface area contributed by atoms with E-state index in [2.05, 4.69) is 0 Å². The second kappa shape index (κ2) is 7.34. The van der Waals surface area contributed by atoms with E-state index in [9.17, 15) is 13.6 Å². The maximum absolute atomic E-state index is 12.0. The van der Waals surface area contributed by atoms with E-state index in [1.807, 2.05) is 0 Å². The maximum Gasteiger partial charge on any atom is 0.167 e. The molecule has 0 aromatic heterocycles. The van der Waals surface area contributed by atoms with E-state index in [-0.39, 0.29) is 18.6 Å². The minimum Gasteiger partial charge on any atom is -0.299 e. The summed E-state index contributed by atoms with van der Waals surface area (Å²) in [5.41, 5.74) is 9.55. The summed E-state index contributed by atoms with van der Waals surface area (Å²) in [6, 6.07) is 0. The van der Waals surface area contributed by atoms with E-state index in [1.54, 1.807) is 0 Å². The minimum atomic E-state index is -1.54. The van der Waals surface area contributed by atoms with E-state index in [4.69, 9.17) is 11.5 Å². The van der Waals surface area contributed by atoms with Crippen LogP contribution in [0.2, 0.25) is 0 Å². The van der Waals surface area contributed by atoms with E-state index >= 15 is 0 Å².